The highest BCUT2D eigenvalue weighted by atomic mass is 16.5. The molecule has 0 saturated carbocycles. The Morgan fingerprint density at radius 1 is 1.26 bits per heavy atom. The van der Waals surface area contributed by atoms with Crippen molar-refractivity contribution >= 4 is 11.6 Å². The lowest BCUT2D eigenvalue weighted by Crippen LogP contribution is -3.14. The summed E-state index contributed by atoms with van der Waals surface area (Å²) < 4.78 is 10.8. The molecule has 6 heteroatoms. The van der Waals surface area contributed by atoms with Gasteiger partial charge in [0, 0.05) is 17.7 Å². The zero-order valence-corrected chi connectivity index (χ0v) is 15.8. The van der Waals surface area contributed by atoms with Crippen LogP contribution in [0.3, 0.4) is 0 Å². The van der Waals surface area contributed by atoms with Crippen LogP contribution >= 0.6 is 0 Å². The lowest BCUT2D eigenvalue weighted by Gasteiger charge is -2.32. The van der Waals surface area contributed by atoms with Crippen LogP contribution in [0.5, 0.6) is 11.5 Å². The minimum absolute atomic E-state index is 0.0594. The average Bonchev–Trinajstić information content (AvgIpc) is 2.69. The van der Waals surface area contributed by atoms with E-state index in [0.29, 0.717) is 23.5 Å². The number of quaternary nitrogens is 1. The Balaban J connectivity index is 1.72. The average molecular weight is 366 g/mol. The SMILES string of the molecule is COc1cc2c(cc1OC)[C@@H](C)[NH+](CC(=O)Nc1cccc(C#N)c1)CC2. The van der Waals surface area contributed by atoms with E-state index < -0.39 is 0 Å². The van der Waals surface area contributed by atoms with E-state index in [0.717, 1.165) is 18.7 Å². The van der Waals surface area contributed by atoms with Crippen LogP contribution in [0, 0.1) is 11.3 Å². The summed E-state index contributed by atoms with van der Waals surface area (Å²) in [4.78, 5) is 13.7. The number of nitrogens with one attached hydrogen (secondary N) is 2. The van der Waals surface area contributed by atoms with E-state index in [1.54, 1.807) is 38.5 Å². The van der Waals surface area contributed by atoms with Gasteiger partial charge < -0.3 is 19.7 Å². The molecular formula is C21H24N3O3+. The van der Waals surface area contributed by atoms with Gasteiger partial charge in [-0.2, -0.15) is 5.26 Å². The first-order valence-corrected chi connectivity index (χ1v) is 8.95. The van der Waals surface area contributed by atoms with Gasteiger partial charge in [-0.1, -0.05) is 6.07 Å². The first-order chi connectivity index (χ1) is 13.0. The number of anilines is 1. The molecular weight excluding hydrogens is 342 g/mol. The zero-order chi connectivity index (χ0) is 19.4. The number of hydrogen-bond donors (Lipinski definition) is 2. The number of carbonyl (C=O) groups is 1. The first-order valence-electron chi connectivity index (χ1n) is 8.95. The van der Waals surface area contributed by atoms with Crippen LogP contribution in [0.1, 0.15) is 29.7 Å². The fourth-order valence-corrected chi connectivity index (χ4v) is 3.61. The van der Waals surface area contributed by atoms with Gasteiger partial charge in [-0.25, -0.2) is 0 Å². The Bertz CT molecular complexity index is 889. The summed E-state index contributed by atoms with van der Waals surface area (Å²) in [5, 5.41) is 11.9. The molecule has 0 spiro atoms. The van der Waals surface area contributed by atoms with E-state index in [9.17, 15) is 4.79 Å². The maximum atomic E-state index is 12.5. The maximum absolute atomic E-state index is 12.5. The Morgan fingerprint density at radius 3 is 2.70 bits per heavy atom. The van der Waals surface area contributed by atoms with Gasteiger partial charge in [0.15, 0.2) is 18.0 Å². The molecule has 0 saturated heterocycles. The summed E-state index contributed by atoms with van der Waals surface area (Å²) in [5.41, 5.74) is 3.61. The van der Waals surface area contributed by atoms with Crippen LogP contribution in [0.25, 0.3) is 0 Å². The number of carbonyl (C=O) groups excluding carboxylic acids is 1. The molecule has 2 aromatic rings. The molecule has 2 atom stereocenters. The highest BCUT2D eigenvalue weighted by Gasteiger charge is 2.30. The quantitative estimate of drug-likeness (QED) is 0.845. The van der Waals surface area contributed by atoms with Gasteiger partial charge in [0.2, 0.25) is 0 Å². The zero-order valence-electron chi connectivity index (χ0n) is 15.8. The predicted octanol–water partition coefficient (Wildman–Crippen LogP) is 1.72. The number of fused-ring (bicyclic) bond motifs is 1. The molecule has 140 valence electrons. The molecule has 2 N–H and O–H groups in total. The Morgan fingerprint density at radius 2 is 2.00 bits per heavy atom. The summed E-state index contributed by atoms with van der Waals surface area (Å²) in [6.45, 7) is 3.36. The number of methoxy groups -OCH3 is 2. The number of nitriles is 1. The largest absolute Gasteiger partial charge is 0.493 e. The molecule has 1 aliphatic rings. The Labute approximate surface area is 159 Å². The highest BCUT2D eigenvalue weighted by Crippen LogP contribution is 2.33. The number of hydrogen-bond acceptors (Lipinski definition) is 4. The van der Waals surface area contributed by atoms with E-state index in [1.165, 1.54) is 16.0 Å². The number of rotatable bonds is 5. The van der Waals surface area contributed by atoms with Gasteiger partial charge >= 0.3 is 0 Å². The van der Waals surface area contributed by atoms with Gasteiger partial charge in [-0.15, -0.1) is 0 Å². The topological polar surface area (TPSA) is 75.8 Å². The molecule has 1 aliphatic heterocycles. The van der Waals surface area contributed by atoms with E-state index in [4.69, 9.17) is 14.7 Å². The second kappa shape index (κ2) is 8.11. The molecule has 27 heavy (non-hydrogen) atoms. The smallest absolute Gasteiger partial charge is 0.279 e. The number of ether oxygens (including phenoxy) is 2. The fourth-order valence-electron chi connectivity index (χ4n) is 3.61. The normalized spacial score (nSPS) is 18.1. The number of nitrogens with zero attached hydrogens (tertiary/aromatic N) is 1. The van der Waals surface area contributed by atoms with Crippen LogP contribution < -0.4 is 19.7 Å². The standard InChI is InChI=1S/C21H23N3O3/c1-14-18-11-20(27-3)19(26-2)10-16(18)7-8-24(14)13-21(25)23-17-6-4-5-15(9-17)12-22/h4-6,9-11,14H,7-8,13H2,1-3H3,(H,23,25)/p+1/t14-/m1/s1. The van der Waals surface area contributed by atoms with Gasteiger partial charge in [-0.3, -0.25) is 4.79 Å². The third-order valence-electron chi connectivity index (χ3n) is 5.10. The Kier molecular flexibility index (Phi) is 5.63. The predicted molar refractivity (Wildman–Crippen MR) is 102 cm³/mol. The molecule has 3 rings (SSSR count). The van der Waals surface area contributed by atoms with Crippen molar-refractivity contribution in [1.82, 2.24) is 0 Å². The van der Waals surface area contributed by atoms with Gasteiger partial charge in [-0.05, 0) is 42.8 Å². The molecule has 0 aliphatic carbocycles. The minimum atomic E-state index is -0.0594. The summed E-state index contributed by atoms with van der Waals surface area (Å²) in [7, 11) is 3.27. The summed E-state index contributed by atoms with van der Waals surface area (Å²) in [5.74, 6) is 1.39. The summed E-state index contributed by atoms with van der Waals surface area (Å²) >= 11 is 0. The molecule has 6 nitrogen and oxygen atoms in total. The van der Waals surface area contributed by atoms with Crippen molar-refractivity contribution in [2.24, 2.45) is 0 Å². The highest BCUT2D eigenvalue weighted by molar-refractivity contribution is 5.91. The van der Waals surface area contributed by atoms with Crippen LogP contribution in [-0.2, 0) is 11.2 Å². The van der Waals surface area contributed by atoms with Crippen molar-refractivity contribution in [1.29, 1.82) is 5.26 Å². The molecule has 1 amide bonds. The molecule has 0 radical (unpaired) electrons. The van der Waals surface area contributed by atoms with Crippen LogP contribution in [-0.4, -0.2) is 33.2 Å². The lowest BCUT2D eigenvalue weighted by molar-refractivity contribution is -0.924. The second-order valence-corrected chi connectivity index (χ2v) is 6.70. The molecule has 1 unspecified atom stereocenters. The van der Waals surface area contributed by atoms with Crippen molar-refractivity contribution in [3.8, 4) is 17.6 Å². The number of amides is 1. The Hall–Kier alpha value is -3.04. The second-order valence-electron chi connectivity index (χ2n) is 6.70. The van der Waals surface area contributed by atoms with Crippen LogP contribution in [0.4, 0.5) is 5.69 Å². The van der Waals surface area contributed by atoms with Crippen molar-refractivity contribution in [3.63, 3.8) is 0 Å². The van der Waals surface area contributed by atoms with Crippen molar-refractivity contribution in [2.75, 3.05) is 32.6 Å². The van der Waals surface area contributed by atoms with Crippen LogP contribution in [0.15, 0.2) is 36.4 Å². The van der Waals surface area contributed by atoms with E-state index in [-0.39, 0.29) is 11.9 Å². The first kappa shape index (κ1) is 18.7. The molecule has 0 aromatic heterocycles. The summed E-state index contributed by atoms with van der Waals surface area (Å²) in [6.07, 6.45) is 0.882. The molecule has 0 bridgehead atoms. The molecule has 2 aromatic carbocycles. The van der Waals surface area contributed by atoms with Crippen molar-refractivity contribution < 1.29 is 19.2 Å². The van der Waals surface area contributed by atoms with Gasteiger partial charge in [0.25, 0.3) is 5.91 Å². The van der Waals surface area contributed by atoms with Gasteiger partial charge in [0.05, 0.1) is 32.4 Å². The van der Waals surface area contributed by atoms with E-state index in [2.05, 4.69) is 18.3 Å². The van der Waals surface area contributed by atoms with E-state index >= 15 is 0 Å². The molecule has 0 fully saturated rings. The van der Waals surface area contributed by atoms with E-state index in [1.807, 2.05) is 12.1 Å². The lowest BCUT2D eigenvalue weighted by atomic mass is 9.93. The minimum Gasteiger partial charge on any atom is -0.493 e. The van der Waals surface area contributed by atoms with Crippen LogP contribution in [0.2, 0.25) is 0 Å². The molecule has 1 heterocycles. The van der Waals surface area contributed by atoms with Gasteiger partial charge in [0.1, 0.15) is 6.04 Å². The van der Waals surface area contributed by atoms with Crippen molar-refractivity contribution in [2.45, 2.75) is 19.4 Å². The maximum Gasteiger partial charge on any atom is 0.279 e. The summed E-state index contributed by atoms with van der Waals surface area (Å²) in [6, 6.07) is 13.3. The number of benzene rings is 2. The fraction of sp³-hybridized carbons (Fsp3) is 0.333. The monoisotopic (exact) mass is 366 g/mol. The third kappa shape index (κ3) is 4.04. The van der Waals surface area contributed by atoms with Crippen molar-refractivity contribution in [3.05, 3.63) is 53.1 Å². The third-order valence-corrected chi connectivity index (χ3v) is 5.10.